The summed E-state index contributed by atoms with van der Waals surface area (Å²) in [5.41, 5.74) is 5.61. The molecule has 0 aromatic heterocycles. The molecular formula is C20H20N2OS2. The van der Waals surface area contributed by atoms with E-state index in [1.165, 1.54) is 16.7 Å². The van der Waals surface area contributed by atoms with Crippen LogP contribution < -0.4 is 4.90 Å². The van der Waals surface area contributed by atoms with Gasteiger partial charge >= 0.3 is 0 Å². The fourth-order valence-corrected chi connectivity index (χ4v) is 5.47. The van der Waals surface area contributed by atoms with Crippen LogP contribution in [0.15, 0.2) is 42.5 Å². The SMILES string of the molecule is Cc1ccc(C2SCC3C(=O)N(c4ccc(C)cc4C)C(=S)N32)cc1. The summed E-state index contributed by atoms with van der Waals surface area (Å²) in [5.74, 6) is 0.873. The van der Waals surface area contributed by atoms with E-state index >= 15 is 0 Å². The zero-order valence-electron chi connectivity index (χ0n) is 14.5. The topological polar surface area (TPSA) is 23.6 Å². The predicted octanol–water partition coefficient (Wildman–Crippen LogP) is 4.36. The van der Waals surface area contributed by atoms with Crippen molar-refractivity contribution in [3.05, 3.63) is 64.7 Å². The maximum absolute atomic E-state index is 13.0. The summed E-state index contributed by atoms with van der Waals surface area (Å²) in [6.45, 7) is 6.18. The Morgan fingerprint density at radius 2 is 1.72 bits per heavy atom. The fraction of sp³-hybridized carbons (Fsp3) is 0.300. The van der Waals surface area contributed by atoms with Crippen molar-refractivity contribution in [2.45, 2.75) is 32.2 Å². The molecule has 2 saturated heterocycles. The van der Waals surface area contributed by atoms with Gasteiger partial charge in [0.15, 0.2) is 5.11 Å². The number of thioether (sulfide) groups is 1. The molecule has 2 aliphatic heterocycles. The second-order valence-corrected chi connectivity index (χ2v) is 8.24. The van der Waals surface area contributed by atoms with Gasteiger partial charge in [0.05, 0.1) is 5.69 Å². The van der Waals surface area contributed by atoms with Crippen LogP contribution >= 0.6 is 24.0 Å². The summed E-state index contributed by atoms with van der Waals surface area (Å²) in [6.07, 6.45) is 0. The molecule has 0 bridgehead atoms. The van der Waals surface area contributed by atoms with E-state index in [4.69, 9.17) is 12.2 Å². The number of benzene rings is 2. The lowest BCUT2D eigenvalue weighted by molar-refractivity contribution is -0.119. The molecule has 2 fully saturated rings. The maximum Gasteiger partial charge on any atom is 0.257 e. The van der Waals surface area contributed by atoms with Crippen molar-refractivity contribution in [3.8, 4) is 0 Å². The average molecular weight is 369 g/mol. The second-order valence-electron chi connectivity index (χ2n) is 6.77. The molecule has 4 rings (SSSR count). The van der Waals surface area contributed by atoms with Crippen LogP contribution in [0.4, 0.5) is 5.69 Å². The standard InChI is InChI=1S/C20H20N2OS2/c1-12-4-7-15(8-5-12)19-22-17(11-25-19)18(23)21(20(22)24)16-9-6-13(2)10-14(16)3/h4-10,17,19H,11H2,1-3H3. The molecule has 2 aromatic carbocycles. The Morgan fingerprint density at radius 1 is 1.04 bits per heavy atom. The van der Waals surface area contributed by atoms with E-state index in [0.717, 1.165) is 17.0 Å². The third-order valence-electron chi connectivity index (χ3n) is 4.87. The number of amides is 1. The van der Waals surface area contributed by atoms with E-state index < -0.39 is 0 Å². The molecule has 0 aliphatic carbocycles. The Hall–Kier alpha value is -1.85. The molecule has 2 aromatic rings. The van der Waals surface area contributed by atoms with Crippen LogP contribution in [0.1, 0.15) is 27.6 Å². The number of aryl methyl sites for hydroxylation is 3. The Kier molecular flexibility index (Phi) is 4.08. The van der Waals surface area contributed by atoms with Gasteiger partial charge in [-0.2, -0.15) is 0 Å². The van der Waals surface area contributed by atoms with E-state index in [-0.39, 0.29) is 17.3 Å². The molecule has 2 unspecified atom stereocenters. The highest BCUT2D eigenvalue weighted by atomic mass is 32.2. The number of nitrogens with zero attached hydrogens (tertiary/aromatic N) is 2. The van der Waals surface area contributed by atoms with E-state index in [9.17, 15) is 4.79 Å². The molecule has 25 heavy (non-hydrogen) atoms. The van der Waals surface area contributed by atoms with Gasteiger partial charge in [0, 0.05) is 5.75 Å². The zero-order valence-corrected chi connectivity index (χ0v) is 16.2. The summed E-state index contributed by atoms with van der Waals surface area (Å²) in [4.78, 5) is 16.9. The van der Waals surface area contributed by atoms with Crippen LogP contribution in [0.5, 0.6) is 0 Å². The first-order valence-electron chi connectivity index (χ1n) is 8.39. The molecule has 0 N–H and O–H groups in total. The van der Waals surface area contributed by atoms with Crippen molar-refractivity contribution in [1.82, 2.24) is 4.90 Å². The minimum Gasteiger partial charge on any atom is -0.319 e. The lowest BCUT2D eigenvalue weighted by Gasteiger charge is -2.26. The quantitative estimate of drug-likeness (QED) is 0.735. The van der Waals surface area contributed by atoms with E-state index in [0.29, 0.717) is 5.11 Å². The molecule has 2 atom stereocenters. The highest BCUT2D eigenvalue weighted by molar-refractivity contribution is 7.99. The number of thiocarbonyl (C=S) groups is 1. The molecule has 3 nitrogen and oxygen atoms in total. The molecule has 5 heteroatoms. The average Bonchev–Trinajstić information content (AvgIpc) is 3.11. The second kappa shape index (κ2) is 6.15. The Bertz CT molecular complexity index is 862. The minimum absolute atomic E-state index is 0.0964. The summed E-state index contributed by atoms with van der Waals surface area (Å²) < 4.78 is 0. The van der Waals surface area contributed by atoms with Crippen molar-refractivity contribution >= 4 is 40.7 Å². The summed E-state index contributed by atoms with van der Waals surface area (Å²) in [7, 11) is 0. The molecule has 2 aliphatic rings. The third kappa shape index (κ3) is 2.66. The minimum atomic E-state index is -0.162. The van der Waals surface area contributed by atoms with Crippen LogP contribution in [0, 0.1) is 20.8 Å². The summed E-state index contributed by atoms with van der Waals surface area (Å²) >= 11 is 7.55. The number of hydrogen-bond acceptors (Lipinski definition) is 3. The van der Waals surface area contributed by atoms with Gasteiger partial charge in [-0.05, 0) is 50.2 Å². The van der Waals surface area contributed by atoms with Crippen LogP contribution in [-0.4, -0.2) is 27.7 Å². The lowest BCUT2D eigenvalue weighted by atomic mass is 10.1. The Balaban J connectivity index is 1.70. The largest absolute Gasteiger partial charge is 0.319 e. The van der Waals surface area contributed by atoms with Crippen molar-refractivity contribution in [1.29, 1.82) is 0 Å². The highest BCUT2D eigenvalue weighted by Gasteiger charge is 2.51. The fourth-order valence-electron chi connectivity index (χ4n) is 3.55. The van der Waals surface area contributed by atoms with Gasteiger partial charge in [0.25, 0.3) is 5.91 Å². The van der Waals surface area contributed by atoms with Crippen molar-refractivity contribution < 1.29 is 4.79 Å². The zero-order chi connectivity index (χ0) is 17.7. The summed E-state index contributed by atoms with van der Waals surface area (Å²) in [5, 5.41) is 0.732. The molecule has 0 spiro atoms. The van der Waals surface area contributed by atoms with Crippen LogP contribution in [-0.2, 0) is 4.79 Å². The number of anilines is 1. The summed E-state index contributed by atoms with van der Waals surface area (Å²) in [6, 6.07) is 14.5. The molecule has 2 heterocycles. The van der Waals surface area contributed by atoms with Crippen molar-refractivity contribution in [2.75, 3.05) is 10.7 Å². The molecular weight excluding hydrogens is 348 g/mol. The van der Waals surface area contributed by atoms with Gasteiger partial charge in [0.1, 0.15) is 11.4 Å². The van der Waals surface area contributed by atoms with E-state index in [2.05, 4.69) is 49.1 Å². The predicted molar refractivity (Wildman–Crippen MR) is 108 cm³/mol. The normalized spacial score (nSPS) is 22.7. The number of carbonyl (C=O) groups excluding carboxylic acids is 1. The van der Waals surface area contributed by atoms with Gasteiger partial charge < -0.3 is 4.90 Å². The van der Waals surface area contributed by atoms with Crippen LogP contribution in [0.3, 0.4) is 0 Å². The van der Waals surface area contributed by atoms with Gasteiger partial charge in [-0.15, -0.1) is 11.8 Å². The maximum atomic E-state index is 13.0. The number of carbonyl (C=O) groups is 1. The molecule has 0 radical (unpaired) electrons. The molecule has 0 saturated carbocycles. The number of hydrogen-bond donors (Lipinski definition) is 0. The third-order valence-corrected chi connectivity index (χ3v) is 6.59. The van der Waals surface area contributed by atoms with Crippen LogP contribution in [0.2, 0.25) is 0 Å². The van der Waals surface area contributed by atoms with E-state index in [1.807, 2.05) is 19.1 Å². The molecule has 128 valence electrons. The Morgan fingerprint density at radius 3 is 2.40 bits per heavy atom. The van der Waals surface area contributed by atoms with Crippen LogP contribution in [0.25, 0.3) is 0 Å². The number of rotatable bonds is 2. The first-order valence-corrected chi connectivity index (χ1v) is 9.85. The number of fused-ring (bicyclic) bond motifs is 1. The smallest absolute Gasteiger partial charge is 0.257 e. The van der Waals surface area contributed by atoms with Gasteiger partial charge in [0.2, 0.25) is 0 Å². The highest BCUT2D eigenvalue weighted by Crippen LogP contribution is 2.46. The first kappa shape index (κ1) is 16.6. The van der Waals surface area contributed by atoms with E-state index in [1.54, 1.807) is 16.7 Å². The van der Waals surface area contributed by atoms with Gasteiger partial charge in [-0.3, -0.25) is 9.69 Å². The van der Waals surface area contributed by atoms with Gasteiger partial charge in [-0.1, -0.05) is 47.5 Å². The lowest BCUT2D eigenvalue weighted by Crippen LogP contribution is -2.34. The molecule has 1 amide bonds. The monoisotopic (exact) mass is 368 g/mol. The first-order chi connectivity index (χ1) is 12.0. The van der Waals surface area contributed by atoms with Gasteiger partial charge in [-0.25, -0.2) is 0 Å². The van der Waals surface area contributed by atoms with Crippen molar-refractivity contribution in [2.24, 2.45) is 0 Å². The van der Waals surface area contributed by atoms with Crippen molar-refractivity contribution in [3.63, 3.8) is 0 Å². The Labute approximate surface area is 158 Å².